The molecule has 0 aliphatic carbocycles. The lowest BCUT2D eigenvalue weighted by atomic mass is 10.2. The molecule has 1 aromatic carbocycles. The number of sulfonamides is 2. The summed E-state index contributed by atoms with van der Waals surface area (Å²) in [4.78, 5) is 12.6. The summed E-state index contributed by atoms with van der Waals surface area (Å²) in [6.45, 7) is 6.26. The summed E-state index contributed by atoms with van der Waals surface area (Å²) in [5.74, 6) is 0.639. The van der Waals surface area contributed by atoms with Crippen molar-refractivity contribution in [1.82, 2.24) is 23.8 Å². The molecule has 4 heterocycles. The first-order valence-corrected chi connectivity index (χ1v) is 16.4. The van der Waals surface area contributed by atoms with Crippen molar-refractivity contribution in [3.05, 3.63) is 51.3 Å². The third-order valence-corrected chi connectivity index (χ3v) is 10.6. The number of anilines is 1. The highest BCUT2D eigenvalue weighted by atomic mass is 79.9. The Labute approximate surface area is 240 Å². The number of pyridine rings is 1. The summed E-state index contributed by atoms with van der Waals surface area (Å²) in [7, 11) is -7.17. The Bertz CT molecular complexity index is 1820. The lowest BCUT2D eigenvalue weighted by Gasteiger charge is -2.17. The molecule has 4 N–H and O–H groups in total. The van der Waals surface area contributed by atoms with Crippen LogP contribution in [-0.4, -0.2) is 65.5 Å². The number of hydrogen-bond donors (Lipinski definition) is 3. The summed E-state index contributed by atoms with van der Waals surface area (Å²) >= 11 is 10.0. The van der Waals surface area contributed by atoms with Gasteiger partial charge in [-0.1, -0.05) is 11.6 Å². The Hall–Kier alpha value is -2.49. The van der Waals surface area contributed by atoms with Crippen LogP contribution < -0.4 is 10.5 Å². The first-order valence-electron chi connectivity index (χ1n) is 12.1. The third kappa shape index (κ3) is 5.21. The summed E-state index contributed by atoms with van der Waals surface area (Å²) in [6.07, 6.45) is 2.34. The van der Waals surface area contributed by atoms with E-state index in [1.165, 1.54) is 22.5 Å². The number of benzene rings is 1. The fourth-order valence-electron chi connectivity index (χ4n) is 4.89. The summed E-state index contributed by atoms with van der Waals surface area (Å²) < 4.78 is 52.6. The molecular weight excluding hydrogens is 630 g/mol. The Balaban J connectivity index is 1.53. The van der Waals surface area contributed by atoms with E-state index in [0.29, 0.717) is 51.7 Å². The largest absolute Gasteiger partial charge is 0.378 e. The van der Waals surface area contributed by atoms with Gasteiger partial charge in [0.05, 0.1) is 31.5 Å². The second kappa shape index (κ2) is 10.2. The van der Waals surface area contributed by atoms with E-state index in [-0.39, 0.29) is 16.7 Å². The summed E-state index contributed by atoms with van der Waals surface area (Å²) in [6, 6.07) is 6.18. The molecule has 1 saturated heterocycles. The van der Waals surface area contributed by atoms with E-state index in [9.17, 15) is 16.8 Å². The second-order valence-electron chi connectivity index (χ2n) is 9.43. The van der Waals surface area contributed by atoms with Crippen LogP contribution in [0.3, 0.4) is 0 Å². The monoisotopic (exact) mass is 655 g/mol. The van der Waals surface area contributed by atoms with Gasteiger partial charge < -0.3 is 14.9 Å². The maximum absolute atomic E-state index is 12.3. The van der Waals surface area contributed by atoms with Crippen LogP contribution in [0.25, 0.3) is 28.2 Å². The van der Waals surface area contributed by atoms with Gasteiger partial charge in [-0.05, 0) is 67.4 Å². The number of hydrogen-bond acceptors (Lipinski definition) is 7. The van der Waals surface area contributed by atoms with Crippen LogP contribution in [0.1, 0.15) is 24.7 Å². The number of rotatable bonds is 7. The predicted molar refractivity (Wildman–Crippen MR) is 155 cm³/mol. The number of imidazole rings is 1. The molecule has 0 saturated carbocycles. The van der Waals surface area contributed by atoms with Crippen LogP contribution in [0.15, 0.2) is 39.8 Å². The topological polar surface area (TPSA) is 156 Å². The first kappa shape index (κ1) is 28.1. The zero-order valence-corrected chi connectivity index (χ0v) is 25.3. The highest BCUT2D eigenvalue weighted by Gasteiger charge is 2.31. The lowest BCUT2D eigenvalue weighted by molar-refractivity contribution is 0.476. The molecule has 1 atom stereocenters. The number of H-pyrrole nitrogens is 1. The molecule has 1 aliphatic heterocycles. The van der Waals surface area contributed by atoms with Gasteiger partial charge in [-0.3, -0.25) is 0 Å². The number of nitrogens with two attached hydrogens (primary N) is 1. The third-order valence-electron chi connectivity index (χ3n) is 6.90. The summed E-state index contributed by atoms with van der Waals surface area (Å²) in [5.41, 5.74) is 4.75. The second-order valence-corrected chi connectivity index (χ2v) is 14.5. The average Bonchev–Trinajstić information content (AvgIpc) is 3.58. The first-order chi connectivity index (χ1) is 18.3. The molecule has 15 heteroatoms. The van der Waals surface area contributed by atoms with Crippen LogP contribution >= 0.6 is 27.5 Å². The lowest BCUT2D eigenvalue weighted by Crippen LogP contribution is -2.32. The maximum Gasteiger partial charge on any atom is 0.238 e. The van der Waals surface area contributed by atoms with E-state index in [4.69, 9.17) is 21.7 Å². The van der Waals surface area contributed by atoms with Crippen LogP contribution in [0.5, 0.6) is 0 Å². The van der Waals surface area contributed by atoms with Crippen molar-refractivity contribution in [3.8, 4) is 17.1 Å². The van der Waals surface area contributed by atoms with Gasteiger partial charge in [0, 0.05) is 42.3 Å². The van der Waals surface area contributed by atoms with Gasteiger partial charge in [0.15, 0.2) is 5.65 Å². The number of nitrogens with one attached hydrogen (secondary N) is 2. The Morgan fingerprint density at radius 2 is 1.97 bits per heavy atom. The molecule has 0 bridgehead atoms. The maximum atomic E-state index is 12.3. The van der Waals surface area contributed by atoms with E-state index < -0.39 is 20.0 Å². The minimum atomic E-state index is -3.92. The molecule has 3 aromatic heterocycles. The molecule has 0 unspecified atom stereocenters. The van der Waals surface area contributed by atoms with E-state index in [2.05, 4.69) is 31.2 Å². The van der Waals surface area contributed by atoms with Gasteiger partial charge in [0.1, 0.15) is 11.3 Å². The zero-order valence-electron chi connectivity index (χ0n) is 21.4. The van der Waals surface area contributed by atoms with Crippen molar-refractivity contribution in [3.63, 3.8) is 0 Å². The molecule has 208 valence electrons. The molecule has 0 radical (unpaired) electrons. The van der Waals surface area contributed by atoms with Crippen LogP contribution in [0, 0.1) is 13.8 Å². The van der Waals surface area contributed by atoms with Gasteiger partial charge in [-0.2, -0.15) is 4.31 Å². The quantitative estimate of drug-likeness (QED) is 0.272. The van der Waals surface area contributed by atoms with Crippen molar-refractivity contribution in [1.29, 1.82) is 0 Å². The number of nitrogens with zero attached hydrogens (tertiary/aromatic N) is 4. The van der Waals surface area contributed by atoms with Crippen molar-refractivity contribution < 1.29 is 16.8 Å². The number of aromatic amines is 1. The molecule has 0 spiro atoms. The van der Waals surface area contributed by atoms with Crippen molar-refractivity contribution in [2.45, 2.75) is 38.1 Å². The minimum absolute atomic E-state index is 0.0401. The highest BCUT2D eigenvalue weighted by Crippen LogP contribution is 2.36. The fourth-order valence-corrected chi connectivity index (χ4v) is 7.19. The van der Waals surface area contributed by atoms with Gasteiger partial charge in [-0.15, -0.1) is 0 Å². The summed E-state index contributed by atoms with van der Waals surface area (Å²) in [5, 5.41) is 9.18. The molecule has 0 amide bonds. The fraction of sp³-hybridized carbons (Fsp3) is 0.333. The normalized spacial score (nSPS) is 16.8. The smallest absolute Gasteiger partial charge is 0.238 e. The SMILES string of the molecule is CCS(=O)(=O)N1CC[C@H](Nc2c(Br)cnc3[nH]c(-c4cc(C)n(-c5cc(S(N)(=O)=O)ccc5Cl)c4C)nc23)C1. The number of aryl methyl sites for hydroxylation is 1. The minimum Gasteiger partial charge on any atom is -0.378 e. The molecule has 1 aliphatic rings. The van der Waals surface area contributed by atoms with Gasteiger partial charge in [0.2, 0.25) is 20.0 Å². The van der Waals surface area contributed by atoms with E-state index >= 15 is 0 Å². The molecule has 5 rings (SSSR count). The van der Waals surface area contributed by atoms with Crippen LogP contribution in [0.4, 0.5) is 5.69 Å². The molecular formula is C24H27BrClN7O4S2. The van der Waals surface area contributed by atoms with E-state index in [1.807, 2.05) is 24.5 Å². The predicted octanol–water partition coefficient (Wildman–Crippen LogP) is 3.93. The van der Waals surface area contributed by atoms with E-state index in [1.54, 1.807) is 13.1 Å². The molecule has 11 nitrogen and oxygen atoms in total. The Morgan fingerprint density at radius 3 is 2.67 bits per heavy atom. The van der Waals surface area contributed by atoms with Gasteiger partial charge in [-0.25, -0.2) is 31.9 Å². The zero-order chi connectivity index (χ0) is 28.3. The van der Waals surface area contributed by atoms with Crippen LogP contribution in [0.2, 0.25) is 5.02 Å². The molecule has 39 heavy (non-hydrogen) atoms. The number of aromatic nitrogens is 4. The number of primary sulfonamides is 1. The molecule has 1 fully saturated rings. The van der Waals surface area contributed by atoms with E-state index in [0.717, 1.165) is 22.6 Å². The Morgan fingerprint density at radius 1 is 1.23 bits per heavy atom. The van der Waals surface area contributed by atoms with Crippen LogP contribution in [-0.2, 0) is 20.0 Å². The van der Waals surface area contributed by atoms with Gasteiger partial charge in [0.25, 0.3) is 0 Å². The average molecular weight is 657 g/mol. The highest BCUT2D eigenvalue weighted by molar-refractivity contribution is 9.10. The van der Waals surface area contributed by atoms with Crippen molar-refractivity contribution in [2.75, 3.05) is 24.2 Å². The van der Waals surface area contributed by atoms with Crippen molar-refractivity contribution >= 4 is 64.4 Å². The van der Waals surface area contributed by atoms with Crippen molar-refractivity contribution in [2.24, 2.45) is 5.14 Å². The Kier molecular flexibility index (Phi) is 7.31. The van der Waals surface area contributed by atoms with Gasteiger partial charge >= 0.3 is 0 Å². The number of fused-ring (bicyclic) bond motifs is 1. The standard InChI is InChI=1S/C24H27BrClN7O4S2/c1-4-38(34,35)32-8-7-15(12-32)29-21-18(25)11-28-24-22(21)30-23(31-24)17-9-13(2)33(14(17)3)20-10-16(39(27,36)37)5-6-19(20)26/h5-6,9-11,15H,4,7-8,12H2,1-3H3,(H2,27,36,37)(H2,28,29,30,31)/t15-/m0/s1. The number of halogens is 2. The molecule has 4 aromatic rings.